The molecule has 2 aromatic heterocycles. The van der Waals surface area contributed by atoms with Crippen molar-refractivity contribution < 1.29 is 9.53 Å². The molecule has 3 heterocycles. The third-order valence-corrected chi connectivity index (χ3v) is 3.56. The zero-order valence-electron chi connectivity index (χ0n) is 8.37. The smallest absolute Gasteiger partial charge is 0.172 e. The topological polar surface area (TPSA) is 57.0 Å². The molecule has 0 bridgehead atoms. The van der Waals surface area contributed by atoms with Crippen molar-refractivity contribution in [3.05, 3.63) is 33.8 Å². The molecule has 0 radical (unpaired) electrons. The van der Waals surface area contributed by atoms with Crippen LogP contribution in [0.25, 0.3) is 0 Å². The quantitative estimate of drug-likeness (QED) is 0.739. The molecule has 0 saturated carbocycles. The van der Waals surface area contributed by atoms with Gasteiger partial charge in [0, 0.05) is 4.88 Å². The van der Waals surface area contributed by atoms with Crippen LogP contribution in [0.15, 0.2) is 17.5 Å². The van der Waals surface area contributed by atoms with Gasteiger partial charge < -0.3 is 4.74 Å². The van der Waals surface area contributed by atoms with Gasteiger partial charge in [-0.1, -0.05) is 11.3 Å². The highest BCUT2D eigenvalue weighted by Gasteiger charge is 2.24. The normalized spacial score (nSPS) is 19.4. The van der Waals surface area contributed by atoms with Gasteiger partial charge in [-0.3, -0.25) is 4.79 Å². The highest BCUT2D eigenvalue weighted by atomic mass is 32.1. The Hall–Kier alpha value is -1.53. The van der Waals surface area contributed by atoms with Gasteiger partial charge in [-0.25, -0.2) is 4.68 Å². The predicted octanol–water partition coefficient (Wildman–Crippen LogP) is 1.42. The molecule has 6 heteroatoms. The van der Waals surface area contributed by atoms with Crippen LogP contribution in [0.3, 0.4) is 0 Å². The maximum atomic E-state index is 10.7. The summed E-state index contributed by atoms with van der Waals surface area (Å²) in [5.74, 6) is 0. The second kappa shape index (κ2) is 3.80. The molecular weight excluding hydrogens is 226 g/mol. The van der Waals surface area contributed by atoms with E-state index in [9.17, 15) is 4.79 Å². The Balaban J connectivity index is 1.90. The van der Waals surface area contributed by atoms with E-state index in [1.54, 1.807) is 16.0 Å². The minimum atomic E-state index is 0.0219. The van der Waals surface area contributed by atoms with Gasteiger partial charge >= 0.3 is 0 Å². The second-order valence-corrected chi connectivity index (χ2v) is 4.52. The summed E-state index contributed by atoms with van der Waals surface area (Å²) in [6.07, 6.45) is 0.738. The van der Waals surface area contributed by atoms with Gasteiger partial charge in [0.05, 0.1) is 18.8 Å². The maximum Gasteiger partial charge on any atom is 0.172 e. The van der Waals surface area contributed by atoms with Crippen LogP contribution in [0.5, 0.6) is 0 Å². The van der Waals surface area contributed by atoms with E-state index in [2.05, 4.69) is 10.3 Å². The second-order valence-electron chi connectivity index (χ2n) is 3.54. The van der Waals surface area contributed by atoms with Gasteiger partial charge in [-0.05, 0) is 11.4 Å². The summed E-state index contributed by atoms with van der Waals surface area (Å²) >= 11 is 1.66. The SMILES string of the molecule is O=Cc1nnn2c1CO[C@H](c1cccs1)C2. The van der Waals surface area contributed by atoms with E-state index in [1.165, 1.54) is 4.88 Å². The van der Waals surface area contributed by atoms with Gasteiger partial charge in [0.15, 0.2) is 12.0 Å². The van der Waals surface area contributed by atoms with Crippen molar-refractivity contribution in [2.24, 2.45) is 0 Å². The molecule has 0 unspecified atom stereocenters. The highest BCUT2D eigenvalue weighted by molar-refractivity contribution is 7.10. The molecule has 1 aliphatic heterocycles. The van der Waals surface area contributed by atoms with Crippen LogP contribution in [0, 0.1) is 0 Å². The Kier molecular flexibility index (Phi) is 2.30. The molecule has 1 atom stereocenters. The molecular formula is C10H9N3O2S. The molecule has 1 aliphatic rings. The molecule has 3 rings (SSSR count). The largest absolute Gasteiger partial charge is 0.364 e. The van der Waals surface area contributed by atoms with Gasteiger partial charge in [0.2, 0.25) is 0 Å². The number of thiophene rings is 1. The number of carbonyl (C=O) groups is 1. The molecule has 0 aliphatic carbocycles. The summed E-state index contributed by atoms with van der Waals surface area (Å²) in [6, 6.07) is 4.04. The number of fused-ring (bicyclic) bond motifs is 1. The van der Waals surface area contributed by atoms with Crippen LogP contribution in [-0.2, 0) is 17.9 Å². The fourth-order valence-electron chi connectivity index (χ4n) is 1.77. The Bertz CT molecular complexity index is 506. The lowest BCUT2D eigenvalue weighted by molar-refractivity contribution is 0.000546. The summed E-state index contributed by atoms with van der Waals surface area (Å²) in [4.78, 5) is 11.9. The average molecular weight is 235 g/mol. The monoisotopic (exact) mass is 235 g/mol. The van der Waals surface area contributed by atoms with Gasteiger partial charge in [0.25, 0.3) is 0 Å². The molecule has 5 nitrogen and oxygen atoms in total. The van der Waals surface area contributed by atoms with Gasteiger partial charge in [0.1, 0.15) is 6.10 Å². The third-order valence-electron chi connectivity index (χ3n) is 2.60. The number of aldehydes is 1. The van der Waals surface area contributed by atoms with Crippen LogP contribution >= 0.6 is 11.3 Å². The van der Waals surface area contributed by atoms with Gasteiger partial charge in [-0.15, -0.1) is 16.4 Å². The lowest BCUT2D eigenvalue weighted by Crippen LogP contribution is -2.21. The van der Waals surface area contributed by atoms with E-state index in [0.29, 0.717) is 25.1 Å². The Morgan fingerprint density at radius 1 is 1.62 bits per heavy atom. The van der Waals surface area contributed by atoms with Crippen LogP contribution in [0.1, 0.15) is 27.2 Å². The first kappa shape index (κ1) is 9.68. The van der Waals surface area contributed by atoms with Crippen molar-refractivity contribution in [2.75, 3.05) is 0 Å². The van der Waals surface area contributed by atoms with E-state index in [1.807, 2.05) is 17.5 Å². The lowest BCUT2D eigenvalue weighted by Gasteiger charge is -2.22. The number of hydrogen-bond acceptors (Lipinski definition) is 5. The van der Waals surface area contributed by atoms with Crippen LogP contribution < -0.4 is 0 Å². The summed E-state index contributed by atoms with van der Waals surface area (Å²) in [5.41, 5.74) is 1.15. The molecule has 16 heavy (non-hydrogen) atoms. The zero-order chi connectivity index (χ0) is 11.0. The molecule has 82 valence electrons. The Labute approximate surface area is 95.7 Å². The fraction of sp³-hybridized carbons (Fsp3) is 0.300. The summed E-state index contributed by atoms with van der Waals surface area (Å²) in [6.45, 7) is 1.01. The first-order chi connectivity index (χ1) is 7.88. The van der Waals surface area contributed by atoms with Crippen molar-refractivity contribution in [3.63, 3.8) is 0 Å². The van der Waals surface area contributed by atoms with Crippen molar-refractivity contribution in [1.82, 2.24) is 15.0 Å². The van der Waals surface area contributed by atoms with E-state index in [4.69, 9.17) is 4.74 Å². The minimum absolute atomic E-state index is 0.0219. The van der Waals surface area contributed by atoms with Crippen molar-refractivity contribution >= 4 is 17.6 Å². The summed E-state index contributed by atoms with van der Waals surface area (Å²) < 4.78 is 7.45. The molecule has 0 saturated heterocycles. The number of aromatic nitrogens is 3. The summed E-state index contributed by atoms with van der Waals surface area (Å²) in [7, 11) is 0. The Morgan fingerprint density at radius 3 is 3.31 bits per heavy atom. The van der Waals surface area contributed by atoms with E-state index in [0.717, 1.165) is 5.69 Å². The molecule has 0 spiro atoms. The average Bonchev–Trinajstić information content (AvgIpc) is 2.97. The highest BCUT2D eigenvalue weighted by Crippen LogP contribution is 2.29. The lowest BCUT2D eigenvalue weighted by atomic mass is 10.2. The van der Waals surface area contributed by atoms with Crippen molar-refractivity contribution in [3.8, 4) is 0 Å². The van der Waals surface area contributed by atoms with Crippen molar-refractivity contribution in [1.29, 1.82) is 0 Å². The van der Waals surface area contributed by atoms with E-state index >= 15 is 0 Å². The molecule has 0 amide bonds. The first-order valence-electron chi connectivity index (χ1n) is 4.91. The number of carbonyl (C=O) groups excluding carboxylic acids is 1. The maximum absolute atomic E-state index is 10.7. The number of nitrogens with zero attached hydrogens (tertiary/aromatic N) is 3. The Morgan fingerprint density at radius 2 is 2.56 bits per heavy atom. The molecule has 0 aromatic carbocycles. The van der Waals surface area contributed by atoms with E-state index in [-0.39, 0.29) is 6.10 Å². The summed E-state index contributed by atoms with van der Waals surface area (Å²) in [5, 5.41) is 9.77. The van der Waals surface area contributed by atoms with Crippen LogP contribution in [0.2, 0.25) is 0 Å². The number of ether oxygens (including phenoxy) is 1. The zero-order valence-corrected chi connectivity index (χ0v) is 9.18. The fourth-order valence-corrected chi connectivity index (χ4v) is 2.53. The number of hydrogen-bond donors (Lipinski definition) is 0. The minimum Gasteiger partial charge on any atom is -0.364 e. The van der Waals surface area contributed by atoms with Crippen molar-refractivity contribution in [2.45, 2.75) is 19.3 Å². The first-order valence-corrected chi connectivity index (χ1v) is 5.79. The van der Waals surface area contributed by atoms with Crippen LogP contribution in [-0.4, -0.2) is 21.3 Å². The number of rotatable bonds is 2. The van der Waals surface area contributed by atoms with Crippen LogP contribution in [0.4, 0.5) is 0 Å². The predicted molar refractivity (Wildman–Crippen MR) is 57.3 cm³/mol. The standard InChI is InChI=1S/C10H9N3O2S/c14-5-7-8-6-15-9(4-13(8)12-11-7)10-2-1-3-16-10/h1-3,5,9H,4,6H2/t9-/m0/s1. The molecule has 0 fully saturated rings. The third kappa shape index (κ3) is 1.46. The molecule has 0 N–H and O–H groups in total. The van der Waals surface area contributed by atoms with Gasteiger partial charge in [-0.2, -0.15) is 0 Å². The van der Waals surface area contributed by atoms with E-state index < -0.39 is 0 Å². The molecule has 2 aromatic rings.